The molecule has 0 unspecified atom stereocenters. The van der Waals surface area contributed by atoms with E-state index in [1.165, 1.54) is 0 Å². The van der Waals surface area contributed by atoms with Crippen molar-refractivity contribution in [2.24, 2.45) is 0 Å². The van der Waals surface area contributed by atoms with E-state index in [2.05, 4.69) is 27.0 Å². The predicted octanol–water partition coefficient (Wildman–Crippen LogP) is 4.00. The first-order chi connectivity index (χ1) is 16.9. The van der Waals surface area contributed by atoms with Gasteiger partial charge >= 0.3 is 0 Å². The number of piperidine rings is 1. The molecule has 3 heterocycles. The van der Waals surface area contributed by atoms with E-state index in [1.807, 2.05) is 43.0 Å². The van der Waals surface area contributed by atoms with Crippen LogP contribution in [0, 0.1) is 6.92 Å². The van der Waals surface area contributed by atoms with Crippen molar-refractivity contribution in [2.75, 3.05) is 44.2 Å². The lowest BCUT2D eigenvalue weighted by atomic mass is 9.97. The Bertz CT molecular complexity index is 1040. The van der Waals surface area contributed by atoms with Crippen molar-refractivity contribution >= 4 is 29.1 Å². The predicted molar refractivity (Wildman–Crippen MR) is 140 cm³/mol. The lowest BCUT2D eigenvalue weighted by molar-refractivity contribution is 0.0491. The smallest absolute Gasteiger partial charge is 0.269 e. The fourth-order valence-electron chi connectivity index (χ4n) is 5.37. The number of pyridine rings is 1. The summed E-state index contributed by atoms with van der Waals surface area (Å²) in [6.45, 7) is 11.2. The maximum atomic E-state index is 12.9. The zero-order valence-electron chi connectivity index (χ0n) is 21.0. The number of halogens is 1. The number of rotatable bonds is 6. The molecule has 8 heteroatoms. The number of nitrogens with one attached hydrogen (secondary N) is 1. The van der Waals surface area contributed by atoms with Gasteiger partial charge in [-0.25, -0.2) is 4.98 Å². The van der Waals surface area contributed by atoms with Gasteiger partial charge in [-0.15, -0.1) is 0 Å². The lowest BCUT2D eigenvalue weighted by Crippen LogP contribution is -2.58. The molecule has 2 fully saturated rings. The van der Waals surface area contributed by atoms with Crippen molar-refractivity contribution in [2.45, 2.75) is 52.1 Å². The highest BCUT2D eigenvalue weighted by Crippen LogP contribution is 2.28. The average molecular weight is 498 g/mol. The third-order valence-electron chi connectivity index (χ3n) is 7.28. The fourth-order valence-corrected chi connectivity index (χ4v) is 5.50. The van der Waals surface area contributed by atoms with Gasteiger partial charge in [-0.2, -0.15) is 0 Å². The molecule has 0 aliphatic carbocycles. The van der Waals surface area contributed by atoms with Crippen LogP contribution in [-0.2, 0) is 0 Å². The summed E-state index contributed by atoms with van der Waals surface area (Å²) in [6.07, 6.45) is 3.07. The maximum Gasteiger partial charge on any atom is 0.269 e. The fraction of sp³-hybridized carbons (Fsp3) is 0.519. The number of hydrogen-bond acceptors (Lipinski definition) is 5. The zero-order chi connectivity index (χ0) is 24.9. The molecule has 2 aliphatic rings. The highest BCUT2D eigenvalue weighted by atomic mass is 35.5. The number of anilines is 1. The zero-order valence-corrected chi connectivity index (χ0v) is 21.7. The molecule has 188 valence electrons. The molecule has 0 saturated carbocycles. The standard InChI is InChI=1S/C27H36ClN5O2/c1-4-22-18-32(25-11-10-24(30-19(25)3)26(34)29-5-2)16-17-33(22)23-12-14-31(15-13-23)27(35)20-6-8-21(28)9-7-20/h6-11,22-23H,4-5,12-18H2,1-3H3,(H,29,34)/t22-/m0/s1. The third-order valence-corrected chi connectivity index (χ3v) is 7.53. The van der Waals surface area contributed by atoms with E-state index < -0.39 is 0 Å². The van der Waals surface area contributed by atoms with Crippen LogP contribution >= 0.6 is 11.6 Å². The molecule has 1 aromatic carbocycles. The van der Waals surface area contributed by atoms with Crippen LogP contribution in [0.2, 0.25) is 5.02 Å². The van der Waals surface area contributed by atoms with Crippen molar-refractivity contribution < 1.29 is 9.59 Å². The number of nitrogens with zero attached hydrogens (tertiary/aromatic N) is 4. The molecular formula is C27H36ClN5O2. The van der Waals surface area contributed by atoms with Gasteiger partial charge < -0.3 is 15.1 Å². The molecule has 1 atom stereocenters. The average Bonchev–Trinajstić information content (AvgIpc) is 2.88. The molecule has 0 radical (unpaired) electrons. The molecule has 2 aliphatic heterocycles. The number of aromatic nitrogens is 1. The van der Waals surface area contributed by atoms with Gasteiger partial charge in [0.15, 0.2) is 0 Å². The summed E-state index contributed by atoms with van der Waals surface area (Å²) >= 11 is 5.97. The summed E-state index contributed by atoms with van der Waals surface area (Å²) in [5.74, 6) is -0.0321. The molecular weight excluding hydrogens is 462 g/mol. The second-order valence-corrected chi connectivity index (χ2v) is 9.87. The lowest BCUT2D eigenvalue weighted by Gasteiger charge is -2.48. The molecule has 4 rings (SSSR count). The monoisotopic (exact) mass is 497 g/mol. The van der Waals surface area contributed by atoms with Gasteiger partial charge in [-0.1, -0.05) is 18.5 Å². The summed E-state index contributed by atoms with van der Waals surface area (Å²) in [7, 11) is 0. The minimum atomic E-state index is -0.126. The van der Waals surface area contributed by atoms with Crippen LogP contribution in [0.4, 0.5) is 5.69 Å². The number of piperazine rings is 1. The molecule has 7 nitrogen and oxygen atoms in total. The van der Waals surface area contributed by atoms with E-state index >= 15 is 0 Å². The molecule has 2 aromatic rings. The Labute approximate surface area is 213 Å². The SMILES string of the molecule is CCNC(=O)c1ccc(N2CCN(C3CCN(C(=O)c4ccc(Cl)cc4)CC3)[C@@H](CC)C2)c(C)n1. The minimum absolute atomic E-state index is 0.0935. The highest BCUT2D eigenvalue weighted by Gasteiger charge is 2.34. The molecule has 1 aromatic heterocycles. The first-order valence-electron chi connectivity index (χ1n) is 12.7. The van der Waals surface area contributed by atoms with Crippen molar-refractivity contribution in [1.29, 1.82) is 0 Å². The maximum absolute atomic E-state index is 12.9. The largest absolute Gasteiger partial charge is 0.367 e. The second kappa shape index (κ2) is 11.4. The Kier molecular flexibility index (Phi) is 8.29. The molecule has 2 amide bonds. The number of likely N-dealkylation sites (tertiary alicyclic amines) is 1. The second-order valence-electron chi connectivity index (χ2n) is 9.44. The van der Waals surface area contributed by atoms with Gasteiger partial charge in [0.25, 0.3) is 11.8 Å². The van der Waals surface area contributed by atoms with Crippen LogP contribution in [0.15, 0.2) is 36.4 Å². The van der Waals surface area contributed by atoms with Gasteiger partial charge in [0.05, 0.1) is 11.4 Å². The normalized spacial score (nSPS) is 19.6. The van der Waals surface area contributed by atoms with E-state index in [-0.39, 0.29) is 11.8 Å². The molecule has 0 spiro atoms. The van der Waals surface area contributed by atoms with E-state index in [1.54, 1.807) is 12.1 Å². The Morgan fingerprint density at radius 1 is 1.03 bits per heavy atom. The molecule has 35 heavy (non-hydrogen) atoms. The Hall–Kier alpha value is -2.64. The van der Waals surface area contributed by atoms with Crippen LogP contribution in [0.1, 0.15) is 59.7 Å². The Balaban J connectivity index is 1.36. The van der Waals surface area contributed by atoms with Crippen molar-refractivity contribution in [1.82, 2.24) is 20.1 Å². The summed E-state index contributed by atoms with van der Waals surface area (Å²) in [5.41, 5.74) is 3.18. The highest BCUT2D eigenvalue weighted by molar-refractivity contribution is 6.30. The van der Waals surface area contributed by atoms with Crippen LogP contribution in [0.25, 0.3) is 0 Å². The Morgan fingerprint density at radius 3 is 2.37 bits per heavy atom. The summed E-state index contributed by atoms with van der Waals surface area (Å²) in [4.78, 5) is 36.6. The summed E-state index contributed by atoms with van der Waals surface area (Å²) in [5, 5.41) is 3.46. The number of carbonyl (C=O) groups is 2. The minimum Gasteiger partial charge on any atom is -0.367 e. The van der Waals surface area contributed by atoms with Gasteiger partial charge in [0.2, 0.25) is 0 Å². The van der Waals surface area contributed by atoms with E-state index in [0.717, 1.165) is 63.4 Å². The Morgan fingerprint density at radius 2 is 1.74 bits per heavy atom. The topological polar surface area (TPSA) is 68.8 Å². The van der Waals surface area contributed by atoms with Gasteiger partial charge in [-0.3, -0.25) is 14.5 Å². The molecule has 1 N–H and O–H groups in total. The summed E-state index contributed by atoms with van der Waals surface area (Å²) < 4.78 is 0. The van der Waals surface area contributed by atoms with Crippen molar-refractivity contribution in [3.05, 3.63) is 58.4 Å². The number of hydrogen-bond donors (Lipinski definition) is 1. The molecule has 0 bridgehead atoms. The number of amides is 2. The van der Waals surface area contributed by atoms with E-state index in [9.17, 15) is 9.59 Å². The van der Waals surface area contributed by atoms with Gasteiger partial charge in [0, 0.05) is 61.9 Å². The summed E-state index contributed by atoms with van der Waals surface area (Å²) in [6, 6.07) is 12.0. The number of benzene rings is 1. The first-order valence-corrected chi connectivity index (χ1v) is 13.1. The van der Waals surface area contributed by atoms with Gasteiger partial charge in [0.1, 0.15) is 5.69 Å². The van der Waals surface area contributed by atoms with E-state index in [0.29, 0.717) is 34.9 Å². The van der Waals surface area contributed by atoms with Gasteiger partial charge in [-0.05, 0) is 69.5 Å². The number of carbonyl (C=O) groups excluding carboxylic acids is 2. The van der Waals surface area contributed by atoms with Crippen LogP contribution < -0.4 is 10.2 Å². The number of aryl methyl sites for hydroxylation is 1. The van der Waals surface area contributed by atoms with Crippen molar-refractivity contribution in [3.8, 4) is 0 Å². The third kappa shape index (κ3) is 5.78. The first kappa shape index (κ1) is 25.5. The van der Waals surface area contributed by atoms with Crippen molar-refractivity contribution in [3.63, 3.8) is 0 Å². The van der Waals surface area contributed by atoms with E-state index in [4.69, 9.17) is 11.6 Å². The molecule has 2 saturated heterocycles. The van der Waals surface area contributed by atoms with Crippen LogP contribution in [0.3, 0.4) is 0 Å². The van der Waals surface area contributed by atoms with Crippen LogP contribution in [-0.4, -0.2) is 78.0 Å². The quantitative estimate of drug-likeness (QED) is 0.653. The van der Waals surface area contributed by atoms with Crippen LogP contribution in [0.5, 0.6) is 0 Å².